The quantitative estimate of drug-likeness (QED) is 0.0222. The highest BCUT2D eigenvalue weighted by molar-refractivity contribution is 7.47. The lowest BCUT2D eigenvalue weighted by molar-refractivity contribution is -0.161. The first-order valence-corrected chi connectivity index (χ1v) is 46.0. The Hall–Kier alpha value is -1.94. The molecular formula is C83H162O17P2. The highest BCUT2D eigenvalue weighted by Crippen LogP contribution is 2.45. The molecule has 0 aromatic heterocycles. The minimum atomic E-state index is -4.96. The number of phosphoric ester groups is 2. The van der Waals surface area contributed by atoms with E-state index in [4.69, 9.17) is 37.0 Å². The third kappa shape index (κ3) is 74.9. The summed E-state index contributed by atoms with van der Waals surface area (Å²) in [5.74, 6) is -0.498. The fourth-order valence-electron chi connectivity index (χ4n) is 12.9. The Morgan fingerprint density at radius 1 is 0.284 bits per heavy atom. The number of rotatable bonds is 82. The van der Waals surface area contributed by atoms with E-state index in [1.54, 1.807) is 0 Å². The summed E-state index contributed by atoms with van der Waals surface area (Å²) < 4.78 is 68.8. The Bertz CT molecular complexity index is 1960. The van der Waals surface area contributed by atoms with Crippen molar-refractivity contribution in [1.29, 1.82) is 0 Å². The molecule has 0 saturated carbocycles. The van der Waals surface area contributed by atoms with E-state index in [2.05, 4.69) is 41.5 Å². The minimum Gasteiger partial charge on any atom is -0.462 e. The first-order valence-electron chi connectivity index (χ1n) is 43.0. The monoisotopic (exact) mass is 1490 g/mol. The predicted molar refractivity (Wildman–Crippen MR) is 418 cm³/mol. The van der Waals surface area contributed by atoms with Gasteiger partial charge in [-0.15, -0.1) is 0 Å². The summed E-state index contributed by atoms with van der Waals surface area (Å²) in [5.41, 5.74) is 0. The highest BCUT2D eigenvalue weighted by Gasteiger charge is 2.30. The van der Waals surface area contributed by atoms with Crippen molar-refractivity contribution in [1.82, 2.24) is 0 Å². The number of phosphoric acid groups is 2. The Morgan fingerprint density at radius 2 is 0.500 bits per heavy atom. The summed E-state index contributed by atoms with van der Waals surface area (Å²) in [7, 11) is -9.92. The molecule has 0 aliphatic heterocycles. The van der Waals surface area contributed by atoms with Crippen molar-refractivity contribution < 1.29 is 80.2 Å². The van der Waals surface area contributed by atoms with Crippen LogP contribution < -0.4 is 0 Å². The molecule has 3 N–H and O–H groups in total. The maximum atomic E-state index is 13.1. The summed E-state index contributed by atoms with van der Waals surface area (Å²) in [6.07, 6.45) is 65.2. The molecule has 0 aromatic carbocycles. The average Bonchev–Trinajstić information content (AvgIpc) is 0.909. The molecule has 0 aromatic rings. The van der Waals surface area contributed by atoms with E-state index < -0.39 is 97.5 Å². The van der Waals surface area contributed by atoms with Gasteiger partial charge in [-0.05, 0) is 37.5 Å². The van der Waals surface area contributed by atoms with Crippen molar-refractivity contribution in [3.63, 3.8) is 0 Å². The van der Waals surface area contributed by atoms with Crippen molar-refractivity contribution in [3.8, 4) is 0 Å². The normalized spacial score (nSPS) is 14.1. The Labute approximate surface area is 626 Å². The van der Waals surface area contributed by atoms with E-state index in [1.165, 1.54) is 257 Å². The van der Waals surface area contributed by atoms with Crippen LogP contribution in [-0.4, -0.2) is 96.7 Å². The van der Waals surface area contributed by atoms with E-state index in [-0.39, 0.29) is 25.7 Å². The van der Waals surface area contributed by atoms with Gasteiger partial charge in [0.05, 0.1) is 26.4 Å². The molecule has 0 rings (SSSR count). The third-order valence-corrected chi connectivity index (χ3v) is 21.7. The van der Waals surface area contributed by atoms with Gasteiger partial charge in [0.1, 0.15) is 19.3 Å². The summed E-state index contributed by atoms with van der Waals surface area (Å²) in [5, 5.41) is 10.7. The standard InChI is InChI=1S/C83H162O17P2/c1-7-10-12-14-16-18-20-22-23-29-32-36-42-48-54-60-66-81(86)94-71-78(99-82(87)67-61-55-49-43-37-33-30-27-25-24-26-28-31-34-40-46-52-58-64-76(6)9-3)73-97-101(89,90)95-69-77(84)70-96-102(91,92)98-74-79(100-83(88)68-62-56-50-44-38-39-45-51-57-63-75(4)5)72-93-80(85)65-59-53-47-41-35-21-19-17-15-13-11-8-2/h75-79,84H,7-74H2,1-6H3,(H,89,90)(H,91,92)/t76?,77-,78-,79-/m1/s1. The fraction of sp³-hybridized carbons (Fsp3) is 0.952. The second kappa shape index (κ2) is 74.5. The van der Waals surface area contributed by atoms with Crippen molar-refractivity contribution in [3.05, 3.63) is 0 Å². The molecule has 17 nitrogen and oxygen atoms in total. The van der Waals surface area contributed by atoms with E-state index >= 15 is 0 Å². The van der Waals surface area contributed by atoms with Crippen molar-refractivity contribution >= 4 is 39.5 Å². The number of carbonyl (C=O) groups is 4. The zero-order valence-corrected chi connectivity index (χ0v) is 68.7. The number of esters is 4. The van der Waals surface area contributed by atoms with Crippen LogP contribution in [-0.2, 0) is 65.4 Å². The van der Waals surface area contributed by atoms with E-state index in [0.717, 1.165) is 102 Å². The van der Waals surface area contributed by atoms with Crippen LogP contribution in [0.2, 0.25) is 0 Å². The predicted octanol–water partition coefficient (Wildman–Crippen LogP) is 25.1. The van der Waals surface area contributed by atoms with Gasteiger partial charge in [-0.2, -0.15) is 0 Å². The van der Waals surface area contributed by atoms with Crippen LogP contribution in [0, 0.1) is 11.8 Å². The van der Waals surface area contributed by atoms with Crippen LogP contribution in [0.15, 0.2) is 0 Å². The SMILES string of the molecule is CCCCCCCCCCCCCCCCCCC(=O)OC[C@H](COP(=O)(O)OC[C@@H](O)COP(=O)(O)OC[C@@H](COC(=O)CCCCCCCCCCCCCC)OC(=O)CCCCCCCCCCCC(C)C)OC(=O)CCCCCCCCCCCCCCCCCCCCC(C)CC. The Morgan fingerprint density at radius 3 is 0.745 bits per heavy atom. The van der Waals surface area contributed by atoms with Crippen LogP contribution in [0.5, 0.6) is 0 Å². The number of ether oxygens (including phenoxy) is 4. The molecule has 0 spiro atoms. The van der Waals surface area contributed by atoms with E-state index in [9.17, 15) is 43.2 Å². The number of hydrogen-bond acceptors (Lipinski definition) is 15. The van der Waals surface area contributed by atoms with Gasteiger partial charge in [0.25, 0.3) is 0 Å². The lowest BCUT2D eigenvalue weighted by atomic mass is 9.99. The molecule has 0 fully saturated rings. The zero-order chi connectivity index (χ0) is 74.9. The van der Waals surface area contributed by atoms with Crippen LogP contribution in [0.4, 0.5) is 0 Å². The molecule has 0 aliphatic rings. The van der Waals surface area contributed by atoms with Gasteiger partial charge in [-0.1, -0.05) is 388 Å². The van der Waals surface area contributed by atoms with Crippen LogP contribution >= 0.6 is 15.6 Å². The van der Waals surface area contributed by atoms with Crippen molar-refractivity contribution in [2.24, 2.45) is 11.8 Å². The van der Waals surface area contributed by atoms with Gasteiger partial charge in [0, 0.05) is 25.7 Å². The van der Waals surface area contributed by atoms with Gasteiger partial charge in [0.2, 0.25) is 0 Å². The Kier molecular flexibility index (Phi) is 73.1. The van der Waals surface area contributed by atoms with Crippen LogP contribution in [0.3, 0.4) is 0 Å². The molecule has 0 amide bonds. The summed E-state index contributed by atoms with van der Waals surface area (Å²) in [4.78, 5) is 73.1. The number of hydrogen-bond donors (Lipinski definition) is 3. The molecule has 606 valence electrons. The minimum absolute atomic E-state index is 0.106. The molecule has 3 unspecified atom stereocenters. The molecule has 0 radical (unpaired) electrons. The molecule has 102 heavy (non-hydrogen) atoms. The molecule has 0 bridgehead atoms. The zero-order valence-electron chi connectivity index (χ0n) is 66.9. The van der Waals surface area contributed by atoms with E-state index in [1.807, 2.05) is 0 Å². The van der Waals surface area contributed by atoms with E-state index in [0.29, 0.717) is 25.7 Å². The maximum absolute atomic E-state index is 13.1. The van der Waals surface area contributed by atoms with Crippen LogP contribution in [0.1, 0.15) is 440 Å². The number of unbranched alkanes of at least 4 members (excludes halogenated alkanes) is 51. The topological polar surface area (TPSA) is 237 Å². The maximum Gasteiger partial charge on any atom is 0.472 e. The fourth-order valence-corrected chi connectivity index (χ4v) is 14.4. The second-order valence-electron chi connectivity index (χ2n) is 30.6. The van der Waals surface area contributed by atoms with Gasteiger partial charge in [-0.3, -0.25) is 37.3 Å². The third-order valence-electron chi connectivity index (χ3n) is 19.8. The molecule has 0 saturated heterocycles. The Balaban J connectivity index is 5.22. The van der Waals surface area contributed by atoms with Gasteiger partial charge in [0.15, 0.2) is 12.2 Å². The number of carbonyl (C=O) groups excluding carboxylic acids is 4. The van der Waals surface area contributed by atoms with Gasteiger partial charge >= 0.3 is 39.5 Å². The summed E-state index contributed by atoms with van der Waals surface area (Å²) >= 11 is 0. The average molecular weight is 1490 g/mol. The van der Waals surface area contributed by atoms with Gasteiger partial charge < -0.3 is 33.8 Å². The van der Waals surface area contributed by atoms with Gasteiger partial charge in [-0.25, -0.2) is 9.13 Å². The van der Waals surface area contributed by atoms with Crippen molar-refractivity contribution in [2.75, 3.05) is 39.6 Å². The number of aliphatic hydroxyl groups is 1. The smallest absolute Gasteiger partial charge is 0.462 e. The lowest BCUT2D eigenvalue weighted by Crippen LogP contribution is -2.30. The molecule has 6 atom stereocenters. The second-order valence-corrected chi connectivity index (χ2v) is 33.5. The van der Waals surface area contributed by atoms with Crippen molar-refractivity contribution in [2.45, 2.75) is 458 Å². The number of aliphatic hydroxyl groups excluding tert-OH is 1. The molecular weight excluding hydrogens is 1330 g/mol. The summed E-state index contributed by atoms with van der Waals surface area (Å²) in [6.45, 7) is 9.69. The largest absolute Gasteiger partial charge is 0.472 e. The lowest BCUT2D eigenvalue weighted by Gasteiger charge is -2.21. The summed E-state index contributed by atoms with van der Waals surface area (Å²) in [6, 6.07) is 0. The molecule has 0 heterocycles. The van der Waals surface area contributed by atoms with Crippen LogP contribution in [0.25, 0.3) is 0 Å². The highest BCUT2D eigenvalue weighted by atomic mass is 31.2. The first kappa shape index (κ1) is 100. The molecule has 19 heteroatoms. The molecule has 0 aliphatic carbocycles. The first-order chi connectivity index (χ1) is 49.4.